The largest absolute Gasteiger partial charge is 0.446 e. The Morgan fingerprint density at radius 2 is 1.79 bits per heavy atom. The highest BCUT2D eigenvalue weighted by atomic mass is 32.2. The van der Waals surface area contributed by atoms with Gasteiger partial charge in [0.1, 0.15) is 9.84 Å². The van der Waals surface area contributed by atoms with E-state index in [4.69, 9.17) is 0 Å². The molecule has 0 aromatic heterocycles. The first kappa shape index (κ1) is 16.3. The van der Waals surface area contributed by atoms with E-state index in [1.54, 1.807) is 0 Å². The predicted octanol–water partition coefficient (Wildman–Crippen LogP) is 2.77. The maximum atomic E-state index is 12.1. The molecule has 108 valence electrons. The number of halogens is 3. The van der Waals surface area contributed by atoms with Crippen LogP contribution < -0.4 is 0 Å². The molecule has 1 aromatic carbocycles. The summed E-state index contributed by atoms with van der Waals surface area (Å²) in [5.41, 5.74) is -3.95. The van der Waals surface area contributed by atoms with Gasteiger partial charge in [0.25, 0.3) is 0 Å². The fourth-order valence-electron chi connectivity index (χ4n) is 1.38. The zero-order chi connectivity index (χ0) is 14.7. The van der Waals surface area contributed by atoms with Crippen LogP contribution in [0.15, 0.2) is 29.2 Å². The van der Waals surface area contributed by atoms with Crippen LogP contribution >= 0.6 is 11.8 Å². The lowest BCUT2D eigenvalue weighted by Crippen LogP contribution is -2.08. The number of aliphatic hydroxyl groups is 1. The third kappa shape index (κ3) is 6.84. The Hall–Kier alpha value is -0.730. The SMILES string of the molecule is CS(=O)(=O)CCC(O)c1ccc(SC(F)(F)F)cc1. The Morgan fingerprint density at radius 3 is 2.21 bits per heavy atom. The molecule has 8 heteroatoms. The Morgan fingerprint density at radius 1 is 1.26 bits per heavy atom. The summed E-state index contributed by atoms with van der Waals surface area (Å²) in [5.74, 6) is -0.173. The number of hydrogen-bond donors (Lipinski definition) is 1. The first-order valence-electron chi connectivity index (χ1n) is 5.28. The molecule has 0 saturated heterocycles. The third-order valence-electron chi connectivity index (χ3n) is 2.26. The molecule has 0 bridgehead atoms. The smallest absolute Gasteiger partial charge is 0.388 e. The van der Waals surface area contributed by atoms with Gasteiger partial charge in [0.15, 0.2) is 0 Å². The molecule has 19 heavy (non-hydrogen) atoms. The van der Waals surface area contributed by atoms with Crippen LogP contribution in [0.5, 0.6) is 0 Å². The van der Waals surface area contributed by atoms with Crippen molar-refractivity contribution < 1.29 is 26.7 Å². The molecule has 1 aromatic rings. The van der Waals surface area contributed by atoms with Gasteiger partial charge in [-0.3, -0.25) is 0 Å². The lowest BCUT2D eigenvalue weighted by atomic mass is 10.1. The van der Waals surface area contributed by atoms with Crippen LogP contribution in [0.2, 0.25) is 0 Å². The molecular formula is C11H13F3O3S2. The van der Waals surface area contributed by atoms with Crippen LogP contribution in [0.3, 0.4) is 0 Å². The zero-order valence-electron chi connectivity index (χ0n) is 10.0. The number of thioether (sulfide) groups is 1. The highest BCUT2D eigenvalue weighted by Crippen LogP contribution is 2.37. The van der Waals surface area contributed by atoms with Gasteiger partial charge in [-0.1, -0.05) is 12.1 Å². The van der Waals surface area contributed by atoms with Crippen molar-refractivity contribution in [2.45, 2.75) is 22.9 Å². The minimum atomic E-state index is -4.35. The molecule has 0 fully saturated rings. The number of alkyl halides is 3. The van der Waals surface area contributed by atoms with Gasteiger partial charge in [-0.05, 0) is 35.9 Å². The normalized spacial score (nSPS) is 14.4. The van der Waals surface area contributed by atoms with E-state index in [0.29, 0.717) is 5.56 Å². The average Bonchev–Trinajstić information content (AvgIpc) is 2.23. The summed E-state index contributed by atoms with van der Waals surface area (Å²) in [6.07, 6.45) is 0.0765. The van der Waals surface area contributed by atoms with Crippen molar-refractivity contribution in [2.75, 3.05) is 12.0 Å². The van der Waals surface area contributed by atoms with Crippen molar-refractivity contribution in [2.24, 2.45) is 0 Å². The second kappa shape index (κ2) is 6.15. The molecule has 1 rings (SSSR count). The van der Waals surface area contributed by atoms with Crippen molar-refractivity contribution in [3.05, 3.63) is 29.8 Å². The van der Waals surface area contributed by atoms with E-state index in [1.807, 2.05) is 0 Å². The van der Waals surface area contributed by atoms with E-state index in [2.05, 4.69) is 0 Å². The third-order valence-corrected chi connectivity index (χ3v) is 3.98. The molecule has 1 N–H and O–H groups in total. The van der Waals surface area contributed by atoms with Gasteiger partial charge in [0, 0.05) is 11.2 Å². The van der Waals surface area contributed by atoms with Crippen molar-refractivity contribution >= 4 is 21.6 Å². The monoisotopic (exact) mass is 314 g/mol. The fraction of sp³-hybridized carbons (Fsp3) is 0.455. The lowest BCUT2D eigenvalue weighted by Gasteiger charge is -2.11. The van der Waals surface area contributed by atoms with Gasteiger partial charge in [-0.15, -0.1) is 0 Å². The van der Waals surface area contributed by atoms with Gasteiger partial charge in [-0.2, -0.15) is 13.2 Å². The number of hydrogen-bond acceptors (Lipinski definition) is 4. The Bertz CT molecular complexity index is 509. The molecule has 1 atom stereocenters. The molecule has 0 heterocycles. The minimum absolute atomic E-state index is 0.0184. The maximum Gasteiger partial charge on any atom is 0.446 e. The van der Waals surface area contributed by atoms with E-state index in [-0.39, 0.29) is 28.8 Å². The highest BCUT2D eigenvalue weighted by molar-refractivity contribution is 8.00. The van der Waals surface area contributed by atoms with Gasteiger partial charge < -0.3 is 5.11 Å². The van der Waals surface area contributed by atoms with Gasteiger partial charge >= 0.3 is 5.51 Å². The van der Waals surface area contributed by atoms with Crippen molar-refractivity contribution in [3.63, 3.8) is 0 Å². The van der Waals surface area contributed by atoms with E-state index in [9.17, 15) is 26.7 Å². The molecular weight excluding hydrogens is 301 g/mol. The lowest BCUT2D eigenvalue weighted by molar-refractivity contribution is -0.0328. The van der Waals surface area contributed by atoms with Crippen molar-refractivity contribution in [1.29, 1.82) is 0 Å². The fourth-order valence-corrected chi connectivity index (χ4v) is 2.57. The average molecular weight is 314 g/mol. The number of benzene rings is 1. The summed E-state index contributed by atoms with van der Waals surface area (Å²) >= 11 is -0.239. The Balaban J connectivity index is 2.65. The van der Waals surface area contributed by atoms with E-state index in [0.717, 1.165) is 6.26 Å². The Kier molecular flexibility index (Phi) is 5.28. The number of sulfone groups is 1. The molecule has 0 aliphatic carbocycles. The zero-order valence-corrected chi connectivity index (χ0v) is 11.6. The summed E-state index contributed by atoms with van der Waals surface area (Å²) in [7, 11) is -3.17. The second-order valence-corrected chi connectivity index (χ2v) is 7.45. The van der Waals surface area contributed by atoms with Crippen molar-refractivity contribution in [1.82, 2.24) is 0 Å². The number of rotatable bonds is 5. The predicted molar refractivity (Wildman–Crippen MR) is 67.6 cm³/mol. The van der Waals surface area contributed by atoms with Gasteiger partial charge in [0.05, 0.1) is 11.9 Å². The van der Waals surface area contributed by atoms with Crippen LogP contribution in [-0.4, -0.2) is 31.0 Å². The molecule has 0 radical (unpaired) electrons. The van der Waals surface area contributed by atoms with E-state index in [1.165, 1.54) is 24.3 Å². The molecule has 3 nitrogen and oxygen atoms in total. The quantitative estimate of drug-likeness (QED) is 0.849. The number of aliphatic hydroxyl groups excluding tert-OH is 1. The van der Waals surface area contributed by atoms with E-state index < -0.39 is 21.4 Å². The van der Waals surface area contributed by atoms with Crippen LogP contribution in [-0.2, 0) is 9.84 Å². The van der Waals surface area contributed by atoms with Crippen LogP contribution in [0.4, 0.5) is 13.2 Å². The summed E-state index contributed by atoms with van der Waals surface area (Å²) < 4.78 is 58.2. The van der Waals surface area contributed by atoms with Crippen LogP contribution in [0.25, 0.3) is 0 Å². The summed E-state index contributed by atoms with van der Waals surface area (Å²) in [4.78, 5) is 0.0200. The van der Waals surface area contributed by atoms with Crippen LogP contribution in [0.1, 0.15) is 18.1 Å². The van der Waals surface area contributed by atoms with Gasteiger partial charge in [0.2, 0.25) is 0 Å². The molecule has 0 saturated carbocycles. The van der Waals surface area contributed by atoms with Gasteiger partial charge in [-0.25, -0.2) is 8.42 Å². The summed E-state index contributed by atoms with van der Waals surface area (Å²) in [6.45, 7) is 0. The minimum Gasteiger partial charge on any atom is -0.388 e. The molecule has 0 aliphatic heterocycles. The van der Waals surface area contributed by atoms with Crippen molar-refractivity contribution in [3.8, 4) is 0 Å². The highest BCUT2D eigenvalue weighted by Gasteiger charge is 2.29. The van der Waals surface area contributed by atoms with Crippen LogP contribution in [0, 0.1) is 0 Å². The Labute approximate surface area is 113 Å². The summed E-state index contributed by atoms with van der Waals surface area (Å²) in [6, 6.07) is 5.22. The standard InChI is InChI=1S/C11H13F3O3S2/c1-19(16,17)7-6-10(15)8-2-4-9(5-3-8)18-11(12,13)14/h2-5,10,15H,6-7H2,1H3. The first-order valence-corrected chi connectivity index (χ1v) is 8.16. The first-order chi connectivity index (χ1) is 8.57. The molecule has 0 aliphatic rings. The summed E-state index contributed by atoms with van der Waals surface area (Å²) in [5, 5.41) is 9.71. The second-order valence-electron chi connectivity index (χ2n) is 4.05. The molecule has 0 amide bonds. The molecule has 1 unspecified atom stereocenters. The molecule has 0 spiro atoms. The van der Waals surface area contributed by atoms with E-state index >= 15 is 0 Å². The topological polar surface area (TPSA) is 54.4 Å². The maximum absolute atomic E-state index is 12.1.